The van der Waals surface area contributed by atoms with E-state index in [1.54, 1.807) is 7.11 Å². The number of benzene rings is 1. The first-order valence-electron chi connectivity index (χ1n) is 11.3. The van der Waals surface area contributed by atoms with Crippen LogP contribution in [0.25, 0.3) is 0 Å². The van der Waals surface area contributed by atoms with Crippen molar-refractivity contribution in [1.29, 1.82) is 0 Å². The highest BCUT2D eigenvalue weighted by atomic mass is 28.3. The second-order valence-corrected chi connectivity index (χ2v) is 20.6. The van der Waals surface area contributed by atoms with Crippen LogP contribution in [0.1, 0.15) is 26.3 Å². The van der Waals surface area contributed by atoms with Gasteiger partial charge in [-0.25, -0.2) is 0 Å². The zero-order valence-corrected chi connectivity index (χ0v) is 24.0. The summed E-state index contributed by atoms with van der Waals surface area (Å²) in [6.45, 7) is 19.1. The van der Waals surface area contributed by atoms with Gasteiger partial charge in [0, 0.05) is 11.6 Å². The fourth-order valence-corrected chi connectivity index (χ4v) is 3.34. The molecular formula is C27H40O4Si2. The molecule has 0 saturated carbocycles. The van der Waals surface area contributed by atoms with Crippen molar-refractivity contribution in [2.45, 2.75) is 72.8 Å². The van der Waals surface area contributed by atoms with E-state index in [0.29, 0.717) is 6.61 Å². The molecule has 1 atom stereocenters. The van der Waals surface area contributed by atoms with Crippen LogP contribution < -0.4 is 4.74 Å². The molecule has 180 valence electrons. The lowest BCUT2D eigenvalue weighted by molar-refractivity contribution is -0.156. The van der Waals surface area contributed by atoms with Crippen LogP contribution in [0.4, 0.5) is 0 Å². The number of carbonyl (C=O) groups excluding carboxylic acids is 1. The molecule has 0 fully saturated rings. The smallest absolute Gasteiger partial charge is 0.311 e. The van der Waals surface area contributed by atoms with E-state index in [4.69, 9.17) is 14.2 Å². The first-order chi connectivity index (χ1) is 15.1. The van der Waals surface area contributed by atoms with Gasteiger partial charge in [-0.05, 0) is 38.5 Å². The molecule has 0 bridgehead atoms. The largest absolute Gasteiger partial charge is 0.497 e. The highest BCUT2D eigenvalue weighted by Crippen LogP contribution is 2.19. The number of allylic oxidation sites excluding steroid dienone is 1. The Hall–Kier alpha value is -2.26. The van der Waals surface area contributed by atoms with E-state index in [0.717, 1.165) is 16.9 Å². The van der Waals surface area contributed by atoms with E-state index in [9.17, 15) is 4.79 Å². The summed E-state index contributed by atoms with van der Waals surface area (Å²) in [5.74, 6) is 7.03. The van der Waals surface area contributed by atoms with Crippen molar-refractivity contribution in [3.63, 3.8) is 0 Å². The number of rotatable bonds is 7. The molecule has 1 rings (SSSR count). The first-order valence-corrected chi connectivity index (χ1v) is 18.3. The van der Waals surface area contributed by atoms with Crippen molar-refractivity contribution in [2.24, 2.45) is 5.41 Å². The summed E-state index contributed by atoms with van der Waals surface area (Å²) in [6.07, 6.45) is 1.34. The Labute approximate surface area is 203 Å². The van der Waals surface area contributed by atoms with Crippen LogP contribution >= 0.6 is 0 Å². The quantitative estimate of drug-likeness (QED) is 0.276. The van der Waals surface area contributed by atoms with E-state index in [-0.39, 0.29) is 12.6 Å². The summed E-state index contributed by atoms with van der Waals surface area (Å²) >= 11 is 0. The van der Waals surface area contributed by atoms with Gasteiger partial charge >= 0.3 is 5.97 Å². The first kappa shape index (κ1) is 28.8. The molecule has 0 aliphatic rings. The zero-order valence-electron chi connectivity index (χ0n) is 22.0. The summed E-state index contributed by atoms with van der Waals surface area (Å²) in [4.78, 5) is 12.4. The van der Waals surface area contributed by atoms with Crippen molar-refractivity contribution in [3.8, 4) is 28.7 Å². The maximum atomic E-state index is 12.4. The Morgan fingerprint density at radius 2 is 1.58 bits per heavy atom. The van der Waals surface area contributed by atoms with Crippen molar-refractivity contribution in [2.75, 3.05) is 13.7 Å². The average molecular weight is 485 g/mol. The third-order valence-corrected chi connectivity index (χ3v) is 5.96. The Balaban J connectivity index is 3.26. The highest BCUT2D eigenvalue weighted by molar-refractivity contribution is 6.84. The molecule has 0 saturated heterocycles. The van der Waals surface area contributed by atoms with Crippen molar-refractivity contribution < 1.29 is 19.0 Å². The monoisotopic (exact) mass is 484 g/mol. The van der Waals surface area contributed by atoms with Gasteiger partial charge < -0.3 is 14.2 Å². The van der Waals surface area contributed by atoms with Crippen LogP contribution in [0.3, 0.4) is 0 Å². The van der Waals surface area contributed by atoms with E-state index < -0.39 is 27.7 Å². The van der Waals surface area contributed by atoms with Crippen LogP contribution in [0.15, 0.2) is 35.9 Å². The predicted octanol–water partition coefficient (Wildman–Crippen LogP) is 5.86. The van der Waals surface area contributed by atoms with E-state index >= 15 is 0 Å². The molecule has 0 aromatic heterocycles. The van der Waals surface area contributed by atoms with Gasteiger partial charge in [-0.15, -0.1) is 11.1 Å². The zero-order chi connectivity index (χ0) is 25.3. The summed E-state index contributed by atoms with van der Waals surface area (Å²) in [6, 6.07) is 7.71. The van der Waals surface area contributed by atoms with Gasteiger partial charge in [0.25, 0.3) is 0 Å². The molecule has 1 aromatic carbocycles. The summed E-state index contributed by atoms with van der Waals surface area (Å²) in [7, 11) is -1.54. The fourth-order valence-electron chi connectivity index (χ4n) is 2.31. The fraction of sp³-hybridized carbons (Fsp3) is 0.519. The van der Waals surface area contributed by atoms with E-state index in [1.165, 1.54) is 0 Å². The molecule has 0 aliphatic carbocycles. The molecule has 0 spiro atoms. The number of hydrogen-bond acceptors (Lipinski definition) is 4. The lowest BCUT2D eigenvalue weighted by Crippen LogP contribution is -2.29. The minimum atomic E-state index is -1.63. The van der Waals surface area contributed by atoms with Crippen LogP contribution in [0, 0.1) is 28.3 Å². The molecule has 6 heteroatoms. The van der Waals surface area contributed by atoms with Gasteiger partial charge in [-0.3, -0.25) is 4.79 Å². The average Bonchev–Trinajstić information content (AvgIpc) is 2.69. The maximum absolute atomic E-state index is 12.4. The minimum absolute atomic E-state index is 0.0904. The van der Waals surface area contributed by atoms with Crippen LogP contribution in [-0.2, 0) is 20.9 Å². The second-order valence-electron chi connectivity index (χ2n) is 11.1. The number of esters is 1. The maximum Gasteiger partial charge on any atom is 0.311 e. The van der Waals surface area contributed by atoms with Gasteiger partial charge in [-0.1, -0.05) is 63.3 Å². The lowest BCUT2D eigenvalue weighted by atomic mass is 9.97. The topological polar surface area (TPSA) is 44.8 Å². The molecule has 0 aliphatic heterocycles. The van der Waals surface area contributed by atoms with Crippen molar-refractivity contribution in [3.05, 3.63) is 41.5 Å². The van der Waals surface area contributed by atoms with Crippen molar-refractivity contribution >= 4 is 22.1 Å². The van der Waals surface area contributed by atoms with Gasteiger partial charge in [0.1, 0.15) is 34.6 Å². The lowest BCUT2D eigenvalue weighted by Gasteiger charge is -2.22. The number of ether oxygens (including phenoxy) is 3. The Morgan fingerprint density at radius 3 is 2.06 bits per heavy atom. The van der Waals surface area contributed by atoms with Gasteiger partial charge in [0.05, 0.1) is 19.1 Å². The molecule has 1 aromatic rings. The second kappa shape index (κ2) is 12.3. The number of hydrogen-bond donors (Lipinski definition) is 0. The Kier molecular flexibility index (Phi) is 10.7. The molecule has 0 N–H and O–H groups in total. The third kappa shape index (κ3) is 12.5. The van der Waals surface area contributed by atoms with Crippen LogP contribution in [0.2, 0.25) is 39.3 Å². The molecule has 0 radical (unpaired) electrons. The minimum Gasteiger partial charge on any atom is -0.497 e. The third-order valence-electron chi connectivity index (χ3n) is 4.19. The number of carbonyl (C=O) groups is 1. The Morgan fingerprint density at radius 1 is 1.00 bits per heavy atom. The SMILES string of the molecule is COc1ccc(COC(COC(=O)C(C)(C)C)/C(C#C[Si](C)(C)C)=C/C#C[Si](C)(C)C)cc1. The molecule has 0 heterocycles. The van der Waals surface area contributed by atoms with Crippen molar-refractivity contribution in [1.82, 2.24) is 0 Å². The van der Waals surface area contributed by atoms with Gasteiger partial charge in [0.15, 0.2) is 0 Å². The van der Waals surface area contributed by atoms with Gasteiger partial charge in [0.2, 0.25) is 0 Å². The number of methoxy groups -OCH3 is 1. The normalized spacial score (nSPS) is 13.2. The van der Waals surface area contributed by atoms with Crippen LogP contribution in [-0.4, -0.2) is 41.9 Å². The summed E-state index contributed by atoms with van der Waals surface area (Å²) in [5, 5.41) is 0. The van der Waals surface area contributed by atoms with E-state index in [1.807, 2.05) is 51.1 Å². The van der Waals surface area contributed by atoms with Gasteiger partial charge in [-0.2, -0.15) is 0 Å². The molecule has 33 heavy (non-hydrogen) atoms. The summed E-state index contributed by atoms with van der Waals surface area (Å²) in [5.41, 5.74) is 7.92. The standard InChI is InChI=1S/C27H40O4Si2/c1-27(2,3)26(28)31-21-25(30-20-22-13-15-24(29-4)16-14-22)23(17-19-33(8,9)10)12-11-18-32(5,6)7/h12-16,25H,20-21H2,1-10H3/b23-12+. The molecular weight excluding hydrogens is 444 g/mol. The summed E-state index contributed by atoms with van der Waals surface area (Å²) < 4.78 is 17.1. The Bertz CT molecular complexity index is 935. The molecule has 0 amide bonds. The highest BCUT2D eigenvalue weighted by Gasteiger charge is 2.25. The van der Waals surface area contributed by atoms with E-state index in [2.05, 4.69) is 62.2 Å². The molecule has 1 unspecified atom stereocenters. The van der Waals surface area contributed by atoms with Crippen LogP contribution in [0.5, 0.6) is 5.75 Å². The molecule has 4 nitrogen and oxygen atoms in total. The predicted molar refractivity (Wildman–Crippen MR) is 142 cm³/mol.